The highest BCUT2D eigenvalue weighted by atomic mass is 16.5. The van der Waals surface area contributed by atoms with Gasteiger partial charge < -0.3 is 14.5 Å². The SMILES string of the molecule is CC.COc1cc(OC)c2c(=O)[nH]c(-c3cc(C)c(C)c(C)c3)nc2c1. The van der Waals surface area contributed by atoms with Crippen LogP contribution in [-0.2, 0) is 0 Å². The lowest BCUT2D eigenvalue weighted by atomic mass is 10.0. The van der Waals surface area contributed by atoms with Crippen LogP contribution in [0.5, 0.6) is 11.5 Å². The monoisotopic (exact) mass is 354 g/mol. The molecule has 5 nitrogen and oxygen atoms in total. The van der Waals surface area contributed by atoms with Gasteiger partial charge in [-0.2, -0.15) is 0 Å². The highest BCUT2D eigenvalue weighted by Crippen LogP contribution is 2.29. The van der Waals surface area contributed by atoms with E-state index in [1.807, 2.05) is 26.0 Å². The fourth-order valence-corrected chi connectivity index (χ4v) is 2.80. The van der Waals surface area contributed by atoms with Gasteiger partial charge in [-0.05, 0) is 49.6 Å². The molecule has 0 saturated carbocycles. The maximum Gasteiger partial charge on any atom is 0.262 e. The predicted molar refractivity (Wildman–Crippen MR) is 106 cm³/mol. The smallest absolute Gasteiger partial charge is 0.262 e. The Balaban J connectivity index is 0.00000117. The molecule has 2 aromatic carbocycles. The molecule has 0 amide bonds. The van der Waals surface area contributed by atoms with Gasteiger partial charge in [-0.15, -0.1) is 0 Å². The molecule has 138 valence electrons. The molecule has 1 N–H and O–H groups in total. The summed E-state index contributed by atoms with van der Waals surface area (Å²) in [5.74, 6) is 1.58. The number of aromatic amines is 1. The third-order valence-corrected chi connectivity index (χ3v) is 4.40. The van der Waals surface area contributed by atoms with Crippen molar-refractivity contribution in [3.63, 3.8) is 0 Å². The van der Waals surface area contributed by atoms with Crippen molar-refractivity contribution in [3.8, 4) is 22.9 Å². The molecule has 0 aliphatic carbocycles. The van der Waals surface area contributed by atoms with E-state index in [2.05, 4.69) is 30.7 Å². The van der Waals surface area contributed by atoms with Crippen LogP contribution in [-0.4, -0.2) is 24.2 Å². The number of ether oxygens (including phenoxy) is 2. The van der Waals surface area contributed by atoms with E-state index in [4.69, 9.17) is 9.47 Å². The molecule has 5 heteroatoms. The number of aromatic nitrogens is 2. The molecule has 0 fully saturated rings. The summed E-state index contributed by atoms with van der Waals surface area (Å²) < 4.78 is 10.6. The normalized spacial score (nSPS) is 10.3. The van der Waals surface area contributed by atoms with Crippen LogP contribution in [0.3, 0.4) is 0 Å². The van der Waals surface area contributed by atoms with Gasteiger partial charge in [0.1, 0.15) is 22.7 Å². The zero-order valence-corrected chi connectivity index (χ0v) is 16.5. The van der Waals surface area contributed by atoms with Gasteiger partial charge in [0.05, 0.1) is 19.7 Å². The predicted octanol–water partition coefficient (Wildman–Crippen LogP) is 4.56. The number of methoxy groups -OCH3 is 2. The van der Waals surface area contributed by atoms with Crippen molar-refractivity contribution in [1.29, 1.82) is 0 Å². The second kappa shape index (κ2) is 8.04. The Bertz CT molecular complexity index is 967. The molecule has 26 heavy (non-hydrogen) atoms. The Hall–Kier alpha value is -2.82. The zero-order chi connectivity index (χ0) is 19.4. The molecule has 0 unspecified atom stereocenters. The Morgan fingerprint density at radius 3 is 2.08 bits per heavy atom. The topological polar surface area (TPSA) is 64.2 Å². The third-order valence-electron chi connectivity index (χ3n) is 4.40. The van der Waals surface area contributed by atoms with Gasteiger partial charge in [-0.25, -0.2) is 4.98 Å². The number of hydrogen-bond acceptors (Lipinski definition) is 4. The highest BCUT2D eigenvalue weighted by molar-refractivity contribution is 5.87. The van der Waals surface area contributed by atoms with Gasteiger partial charge >= 0.3 is 0 Å². The van der Waals surface area contributed by atoms with Crippen LogP contribution in [0, 0.1) is 20.8 Å². The number of hydrogen-bond donors (Lipinski definition) is 1. The lowest BCUT2D eigenvalue weighted by Gasteiger charge is -2.11. The minimum Gasteiger partial charge on any atom is -0.497 e. The lowest BCUT2D eigenvalue weighted by Crippen LogP contribution is -2.11. The first-order chi connectivity index (χ1) is 12.4. The molecule has 1 aromatic heterocycles. The third kappa shape index (κ3) is 3.57. The first-order valence-corrected chi connectivity index (χ1v) is 8.69. The van der Waals surface area contributed by atoms with Crippen LogP contribution in [0.4, 0.5) is 0 Å². The van der Waals surface area contributed by atoms with Crippen LogP contribution in [0.15, 0.2) is 29.1 Å². The lowest BCUT2D eigenvalue weighted by molar-refractivity contribution is 0.397. The summed E-state index contributed by atoms with van der Waals surface area (Å²) in [7, 11) is 3.09. The number of rotatable bonds is 3. The standard InChI is InChI=1S/C19H20N2O3.C2H6/c1-10-6-13(7-11(2)12(10)3)18-20-15-8-14(23-4)9-16(24-5)17(15)19(22)21-18;1-2/h6-9H,1-5H3,(H,20,21,22);1-2H3. The number of nitrogens with zero attached hydrogens (tertiary/aromatic N) is 1. The van der Waals surface area contributed by atoms with E-state index in [0.717, 1.165) is 16.7 Å². The van der Waals surface area contributed by atoms with Crippen molar-refractivity contribution in [1.82, 2.24) is 9.97 Å². The molecule has 0 radical (unpaired) electrons. The van der Waals surface area contributed by atoms with E-state index in [-0.39, 0.29) is 5.56 Å². The van der Waals surface area contributed by atoms with E-state index in [0.29, 0.717) is 28.2 Å². The van der Waals surface area contributed by atoms with E-state index < -0.39 is 0 Å². The van der Waals surface area contributed by atoms with Crippen molar-refractivity contribution in [2.24, 2.45) is 0 Å². The van der Waals surface area contributed by atoms with Crippen molar-refractivity contribution in [2.45, 2.75) is 34.6 Å². The number of aryl methyl sites for hydroxylation is 2. The quantitative estimate of drug-likeness (QED) is 0.749. The molecule has 0 atom stereocenters. The number of H-pyrrole nitrogens is 1. The van der Waals surface area contributed by atoms with Crippen molar-refractivity contribution in [2.75, 3.05) is 14.2 Å². The maximum absolute atomic E-state index is 12.6. The van der Waals surface area contributed by atoms with Crippen LogP contribution in [0.2, 0.25) is 0 Å². The van der Waals surface area contributed by atoms with Crippen molar-refractivity contribution >= 4 is 10.9 Å². The van der Waals surface area contributed by atoms with Gasteiger partial charge in [0.2, 0.25) is 0 Å². The maximum atomic E-state index is 12.6. The summed E-state index contributed by atoms with van der Waals surface area (Å²) in [6.45, 7) is 10.2. The summed E-state index contributed by atoms with van der Waals surface area (Å²) in [6, 6.07) is 7.48. The molecule has 1 heterocycles. The van der Waals surface area contributed by atoms with E-state index in [1.165, 1.54) is 12.7 Å². The van der Waals surface area contributed by atoms with Gasteiger partial charge in [-0.3, -0.25) is 4.79 Å². The second-order valence-corrected chi connectivity index (χ2v) is 5.87. The minimum atomic E-state index is -0.231. The number of fused-ring (bicyclic) bond motifs is 1. The van der Waals surface area contributed by atoms with Gasteiger partial charge in [-0.1, -0.05) is 13.8 Å². The molecule has 0 aliphatic heterocycles. The number of benzene rings is 2. The molecule has 3 aromatic rings. The van der Waals surface area contributed by atoms with Crippen LogP contribution in [0.1, 0.15) is 30.5 Å². The fraction of sp³-hybridized carbons (Fsp3) is 0.333. The Labute approximate surface area is 154 Å². The molecule has 0 spiro atoms. The van der Waals surface area contributed by atoms with E-state index in [9.17, 15) is 4.79 Å². The Kier molecular flexibility index (Phi) is 6.03. The molecule has 0 bridgehead atoms. The summed E-state index contributed by atoms with van der Waals surface area (Å²) in [4.78, 5) is 20.1. The largest absolute Gasteiger partial charge is 0.497 e. The average molecular weight is 354 g/mol. The first kappa shape index (κ1) is 19.5. The Morgan fingerprint density at radius 2 is 1.54 bits per heavy atom. The van der Waals surface area contributed by atoms with Crippen LogP contribution in [0.25, 0.3) is 22.3 Å². The second-order valence-electron chi connectivity index (χ2n) is 5.87. The highest BCUT2D eigenvalue weighted by Gasteiger charge is 2.13. The van der Waals surface area contributed by atoms with Gasteiger partial charge in [0.25, 0.3) is 5.56 Å². The van der Waals surface area contributed by atoms with Gasteiger partial charge in [0.15, 0.2) is 0 Å². The van der Waals surface area contributed by atoms with E-state index >= 15 is 0 Å². The summed E-state index contributed by atoms with van der Waals surface area (Å²) in [6.07, 6.45) is 0. The summed E-state index contributed by atoms with van der Waals surface area (Å²) >= 11 is 0. The van der Waals surface area contributed by atoms with Crippen molar-refractivity contribution in [3.05, 3.63) is 51.3 Å². The first-order valence-electron chi connectivity index (χ1n) is 8.69. The van der Waals surface area contributed by atoms with Gasteiger partial charge in [0, 0.05) is 17.7 Å². The summed E-state index contributed by atoms with van der Waals surface area (Å²) in [5.41, 5.74) is 4.76. The average Bonchev–Trinajstić information content (AvgIpc) is 2.65. The molecule has 0 aliphatic rings. The summed E-state index contributed by atoms with van der Waals surface area (Å²) in [5, 5.41) is 0.419. The molecular formula is C21H26N2O3. The van der Waals surface area contributed by atoms with Crippen molar-refractivity contribution < 1.29 is 9.47 Å². The molecule has 0 saturated heterocycles. The fourth-order valence-electron chi connectivity index (χ4n) is 2.80. The van der Waals surface area contributed by atoms with E-state index in [1.54, 1.807) is 19.2 Å². The number of nitrogens with one attached hydrogen (secondary N) is 1. The van der Waals surface area contributed by atoms with Crippen LogP contribution < -0.4 is 15.0 Å². The minimum absolute atomic E-state index is 0.231. The zero-order valence-electron chi connectivity index (χ0n) is 16.5. The molecule has 3 rings (SSSR count). The molecular weight excluding hydrogens is 328 g/mol. The Morgan fingerprint density at radius 1 is 0.923 bits per heavy atom. The van der Waals surface area contributed by atoms with Crippen LogP contribution >= 0.6 is 0 Å².